The topological polar surface area (TPSA) is 17.1 Å². The van der Waals surface area contributed by atoms with Gasteiger partial charge in [0.05, 0.1) is 0 Å². The normalized spacial score (nSPS) is 26.0. The van der Waals surface area contributed by atoms with Crippen molar-refractivity contribution in [3.05, 3.63) is 20.8 Å². The van der Waals surface area contributed by atoms with E-state index in [4.69, 9.17) is 0 Å². The van der Waals surface area contributed by atoms with Crippen LogP contribution < -0.4 is 0 Å². The van der Waals surface area contributed by atoms with Crippen LogP contribution in [-0.4, -0.2) is 5.78 Å². The number of ketones is 1. The summed E-state index contributed by atoms with van der Waals surface area (Å²) in [6, 6.07) is 2.07. The largest absolute Gasteiger partial charge is 0.299 e. The minimum absolute atomic E-state index is 0.272. The summed E-state index contributed by atoms with van der Waals surface area (Å²) in [6.07, 6.45) is 5.16. The van der Waals surface area contributed by atoms with Gasteiger partial charge in [-0.05, 0) is 52.6 Å². The minimum atomic E-state index is 0.272. The van der Waals surface area contributed by atoms with Crippen LogP contribution in [0, 0.1) is 11.8 Å². The van der Waals surface area contributed by atoms with Crippen molar-refractivity contribution < 1.29 is 4.79 Å². The van der Waals surface area contributed by atoms with Gasteiger partial charge < -0.3 is 0 Å². The van der Waals surface area contributed by atoms with Crippen LogP contribution in [0.15, 0.2) is 15.9 Å². The maximum atomic E-state index is 11.9. The van der Waals surface area contributed by atoms with Gasteiger partial charge in [0.2, 0.25) is 0 Å². The second-order valence-corrected chi connectivity index (χ2v) is 6.46. The Labute approximate surface area is 109 Å². The summed E-state index contributed by atoms with van der Waals surface area (Å²) in [5.74, 6) is 1.51. The maximum absolute atomic E-state index is 11.9. The highest BCUT2D eigenvalue weighted by atomic mass is 79.9. The molecule has 1 aromatic rings. The zero-order valence-corrected chi connectivity index (χ0v) is 11.9. The summed E-state index contributed by atoms with van der Waals surface area (Å²) in [4.78, 5) is 13.2. The molecule has 1 heterocycles. The number of hydrogen-bond acceptors (Lipinski definition) is 2. The molecule has 1 aliphatic carbocycles. The van der Waals surface area contributed by atoms with Gasteiger partial charge in [0, 0.05) is 21.7 Å². The van der Waals surface area contributed by atoms with E-state index in [1.54, 1.807) is 11.3 Å². The Balaban J connectivity index is 2.02. The first-order chi connectivity index (χ1) is 7.70. The standard InChI is InChI=1S/C13H17BrOS/c1-2-9-3-4-12(15)10(7-9)8-13-11(14)5-6-16-13/h5-6,9-10H,2-4,7-8H2,1H3. The molecule has 1 nitrogen and oxygen atoms in total. The molecule has 3 heteroatoms. The molecule has 1 saturated carbocycles. The fraction of sp³-hybridized carbons (Fsp3) is 0.615. The van der Waals surface area contributed by atoms with Gasteiger partial charge in [-0.15, -0.1) is 11.3 Å². The molecule has 2 rings (SSSR count). The van der Waals surface area contributed by atoms with E-state index in [1.165, 1.54) is 15.8 Å². The van der Waals surface area contributed by atoms with Crippen molar-refractivity contribution in [3.63, 3.8) is 0 Å². The molecule has 88 valence electrons. The SMILES string of the molecule is CCC1CCC(=O)C(Cc2sccc2Br)C1. The quantitative estimate of drug-likeness (QED) is 0.806. The van der Waals surface area contributed by atoms with E-state index < -0.39 is 0 Å². The molecular formula is C13H17BrOS. The van der Waals surface area contributed by atoms with E-state index in [-0.39, 0.29) is 5.92 Å². The van der Waals surface area contributed by atoms with Gasteiger partial charge in [0.15, 0.2) is 0 Å². The van der Waals surface area contributed by atoms with Crippen LogP contribution in [0.5, 0.6) is 0 Å². The van der Waals surface area contributed by atoms with Crippen LogP contribution in [0.25, 0.3) is 0 Å². The molecule has 1 aliphatic rings. The van der Waals surface area contributed by atoms with E-state index in [1.807, 2.05) is 0 Å². The molecule has 0 aliphatic heterocycles. The Kier molecular flexibility index (Phi) is 4.20. The molecule has 0 spiro atoms. The third kappa shape index (κ3) is 2.75. The molecule has 1 fully saturated rings. The van der Waals surface area contributed by atoms with Crippen molar-refractivity contribution in [2.45, 2.75) is 39.0 Å². The first-order valence-corrected chi connectivity index (χ1v) is 7.62. The summed E-state index contributed by atoms with van der Waals surface area (Å²) in [5, 5.41) is 2.09. The third-order valence-corrected chi connectivity index (χ3v) is 5.52. The molecule has 16 heavy (non-hydrogen) atoms. The summed E-state index contributed by atoms with van der Waals surface area (Å²) in [5.41, 5.74) is 0. The average Bonchev–Trinajstić information content (AvgIpc) is 2.68. The number of rotatable bonds is 3. The fourth-order valence-corrected chi connectivity index (χ4v) is 4.06. The van der Waals surface area contributed by atoms with Crippen molar-refractivity contribution in [1.82, 2.24) is 0 Å². The highest BCUT2D eigenvalue weighted by molar-refractivity contribution is 9.10. The maximum Gasteiger partial charge on any atom is 0.136 e. The molecule has 2 atom stereocenters. The first kappa shape index (κ1) is 12.3. The van der Waals surface area contributed by atoms with Crippen LogP contribution in [0.1, 0.15) is 37.5 Å². The van der Waals surface area contributed by atoms with Crippen molar-refractivity contribution in [1.29, 1.82) is 0 Å². The highest BCUT2D eigenvalue weighted by Gasteiger charge is 2.28. The van der Waals surface area contributed by atoms with E-state index >= 15 is 0 Å². The van der Waals surface area contributed by atoms with E-state index in [2.05, 4.69) is 34.3 Å². The van der Waals surface area contributed by atoms with E-state index in [0.717, 1.165) is 31.6 Å². The Morgan fingerprint density at radius 2 is 2.38 bits per heavy atom. The van der Waals surface area contributed by atoms with E-state index in [0.29, 0.717) is 5.78 Å². The molecule has 0 saturated heterocycles. The molecule has 0 bridgehead atoms. The van der Waals surface area contributed by atoms with Gasteiger partial charge in [0.25, 0.3) is 0 Å². The van der Waals surface area contributed by atoms with Gasteiger partial charge >= 0.3 is 0 Å². The number of hydrogen-bond donors (Lipinski definition) is 0. The molecule has 0 N–H and O–H groups in total. The zero-order chi connectivity index (χ0) is 11.5. The molecule has 2 unspecified atom stereocenters. The summed E-state index contributed by atoms with van der Waals surface area (Å²) >= 11 is 5.30. The van der Waals surface area contributed by atoms with Crippen molar-refractivity contribution in [2.24, 2.45) is 11.8 Å². The highest BCUT2D eigenvalue weighted by Crippen LogP contribution is 2.33. The molecule has 0 amide bonds. The van der Waals surface area contributed by atoms with E-state index in [9.17, 15) is 4.79 Å². The summed E-state index contributed by atoms with van der Waals surface area (Å²) in [6.45, 7) is 2.23. The second kappa shape index (κ2) is 5.46. The van der Waals surface area contributed by atoms with Gasteiger partial charge in [-0.2, -0.15) is 0 Å². The lowest BCUT2D eigenvalue weighted by molar-refractivity contribution is -0.125. The monoisotopic (exact) mass is 300 g/mol. The second-order valence-electron chi connectivity index (χ2n) is 4.61. The number of carbonyl (C=O) groups excluding carboxylic acids is 1. The Bertz CT molecular complexity index is 372. The van der Waals surface area contributed by atoms with Gasteiger partial charge in [-0.25, -0.2) is 0 Å². The number of halogens is 1. The Hall–Kier alpha value is -0.150. The lowest BCUT2D eigenvalue weighted by Gasteiger charge is -2.27. The molecular weight excluding hydrogens is 284 g/mol. The first-order valence-electron chi connectivity index (χ1n) is 5.95. The molecule has 0 aromatic carbocycles. The third-order valence-electron chi connectivity index (χ3n) is 3.57. The lowest BCUT2D eigenvalue weighted by atomic mass is 9.78. The average molecular weight is 301 g/mol. The fourth-order valence-electron chi connectivity index (χ4n) is 2.46. The van der Waals surface area contributed by atoms with Crippen LogP contribution >= 0.6 is 27.3 Å². The van der Waals surface area contributed by atoms with Crippen LogP contribution in [0.3, 0.4) is 0 Å². The molecule has 1 aromatic heterocycles. The van der Waals surface area contributed by atoms with Crippen molar-refractivity contribution >= 4 is 33.0 Å². The predicted molar refractivity (Wildman–Crippen MR) is 71.9 cm³/mol. The van der Waals surface area contributed by atoms with Crippen LogP contribution in [-0.2, 0) is 11.2 Å². The van der Waals surface area contributed by atoms with Crippen molar-refractivity contribution in [3.8, 4) is 0 Å². The van der Waals surface area contributed by atoms with Crippen LogP contribution in [0.4, 0.5) is 0 Å². The van der Waals surface area contributed by atoms with Gasteiger partial charge in [-0.3, -0.25) is 4.79 Å². The van der Waals surface area contributed by atoms with Crippen molar-refractivity contribution in [2.75, 3.05) is 0 Å². The van der Waals surface area contributed by atoms with Gasteiger partial charge in [0.1, 0.15) is 5.78 Å². The van der Waals surface area contributed by atoms with Gasteiger partial charge in [-0.1, -0.05) is 13.3 Å². The molecule has 0 radical (unpaired) electrons. The summed E-state index contributed by atoms with van der Waals surface area (Å²) < 4.78 is 1.17. The minimum Gasteiger partial charge on any atom is -0.299 e. The Morgan fingerprint density at radius 3 is 3.00 bits per heavy atom. The lowest BCUT2D eigenvalue weighted by Crippen LogP contribution is -2.26. The van der Waals surface area contributed by atoms with Crippen LogP contribution in [0.2, 0.25) is 0 Å². The number of carbonyl (C=O) groups is 1. The predicted octanol–water partition coefficient (Wildman–Crippen LogP) is 4.45. The zero-order valence-electron chi connectivity index (χ0n) is 9.54. The number of thiophene rings is 1. The summed E-state index contributed by atoms with van der Waals surface area (Å²) in [7, 11) is 0. The smallest absolute Gasteiger partial charge is 0.136 e. The number of Topliss-reactive ketones (excluding diaryl/α,β-unsaturated/α-hetero) is 1. The Morgan fingerprint density at radius 1 is 1.56 bits per heavy atom.